The van der Waals surface area contributed by atoms with Crippen molar-refractivity contribution in [2.24, 2.45) is 0 Å². The summed E-state index contributed by atoms with van der Waals surface area (Å²) in [6, 6.07) is 8.53. The van der Waals surface area contributed by atoms with Gasteiger partial charge in [0.1, 0.15) is 11.1 Å². The van der Waals surface area contributed by atoms with E-state index in [2.05, 4.69) is 5.32 Å². The lowest BCUT2D eigenvalue weighted by Crippen LogP contribution is -2.51. The van der Waals surface area contributed by atoms with Gasteiger partial charge in [0.05, 0.1) is 12.1 Å². The van der Waals surface area contributed by atoms with Crippen LogP contribution in [0.2, 0.25) is 0 Å². The highest BCUT2D eigenvalue weighted by Gasteiger charge is 2.28. The third-order valence-corrected chi connectivity index (χ3v) is 3.92. The van der Waals surface area contributed by atoms with Crippen LogP contribution in [0.3, 0.4) is 0 Å². The molecule has 0 spiro atoms. The number of fused-ring (bicyclic) bond motifs is 1. The topological polar surface area (TPSA) is 79.5 Å². The van der Waals surface area contributed by atoms with Crippen LogP contribution in [0.1, 0.15) is 37.0 Å². The Hall–Kier alpha value is -2.14. The molecule has 2 aromatic rings. The van der Waals surface area contributed by atoms with Gasteiger partial charge in [-0.3, -0.25) is 4.79 Å². The monoisotopic (exact) mass is 289 g/mol. The molecular formula is C16H19NO4. The number of aliphatic hydroxyl groups is 1. The number of carbonyl (C=O) groups excluding carboxylic acids is 1. The molecule has 1 amide bonds. The molecule has 2 rings (SSSR count). The maximum Gasteiger partial charge on any atom is 0.349 e. The van der Waals surface area contributed by atoms with Gasteiger partial charge in [-0.25, -0.2) is 4.79 Å². The average molecular weight is 289 g/mol. The van der Waals surface area contributed by atoms with Gasteiger partial charge in [0, 0.05) is 5.39 Å². The van der Waals surface area contributed by atoms with Crippen molar-refractivity contribution in [3.8, 4) is 0 Å². The van der Waals surface area contributed by atoms with Crippen LogP contribution >= 0.6 is 0 Å². The van der Waals surface area contributed by atoms with Gasteiger partial charge in [0.2, 0.25) is 0 Å². The summed E-state index contributed by atoms with van der Waals surface area (Å²) in [7, 11) is 0. The van der Waals surface area contributed by atoms with E-state index >= 15 is 0 Å². The molecule has 0 radical (unpaired) electrons. The van der Waals surface area contributed by atoms with E-state index < -0.39 is 17.1 Å². The van der Waals surface area contributed by atoms with E-state index in [0.717, 1.165) is 0 Å². The van der Waals surface area contributed by atoms with Gasteiger partial charge in [-0.1, -0.05) is 32.0 Å². The highest BCUT2D eigenvalue weighted by atomic mass is 16.4. The molecule has 1 aromatic carbocycles. The van der Waals surface area contributed by atoms with E-state index in [1.165, 1.54) is 6.07 Å². The second-order valence-corrected chi connectivity index (χ2v) is 5.09. The smallest absolute Gasteiger partial charge is 0.349 e. The van der Waals surface area contributed by atoms with Gasteiger partial charge in [-0.15, -0.1) is 0 Å². The van der Waals surface area contributed by atoms with E-state index in [1.807, 2.05) is 13.8 Å². The Labute approximate surface area is 122 Å². The Balaban J connectivity index is 2.39. The summed E-state index contributed by atoms with van der Waals surface area (Å²) in [4.78, 5) is 24.3. The molecule has 0 unspecified atom stereocenters. The van der Waals surface area contributed by atoms with Gasteiger partial charge in [0.15, 0.2) is 0 Å². The fourth-order valence-electron chi connectivity index (χ4n) is 2.22. The van der Waals surface area contributed by atoms with E-state index in [9.17, 15) is 14.7 Å². The number of nitrogens with one attached hydrogen (secondary N) is 1. The lowest BCUT2D eigenvalue weighted by molar-refractivity contribution is 0.0814. The van der Waals surface area contributed by atoms with Crippen LogP contribution in [-0.4, -0.2) is 23.2 Å². The van der Waals surface area contributed by atoms with Crippen LogP contribution in [0.15, 0.2) is 39.5 Å². The van der Waals surface area contributed by atoms with Crippen LogP contribution in [0.4, 0.5) is 0 Å². The standard InChI is InChI=1S/C16H19NO4/c1-3-16(4-2,10-18)17-14(19)12-9-11-7-5-6-8-13(11)21-15(12)20/h5-9,18H,3-4,10H2,1-2H3,(H,17,19). The summed E-state index contributed by atoms with van der Waals surface area (Å²) < 4.78 is 5.15. The highest BCUT2D eigenvalue weighted by Crippen LogP contribution is 2.16. The number of carbonyl (C=O) groups is 1. The first kappa shape index (κ1) is 15.3. The highest BCUT2D eigenvalue weighted by molar-refractivity contribution is 5.97. The van der Waals surface area contributed by atoms with Crippen molar-refractivity contribution in [3.63, 3.8) is 0 Å². The minimum atomic E-state index is -0.713. The van der Waals surface area contributed by atoms with Gasteiger partial charge < -0.3 is 14.8 Å². The second-order valence-electron chi connectivity index (χ2n) is 5.09. The predicted octanol–water partition coefficient (Wildman–Crippen LogP) is 2.07. The van der Waals surface area contributed by atoms with E-state index in [1.54, 1.807) is 24.3 Å². The lowest BCUT2D eigenvalue weighted by atomic mass is 9.93. The fraction of sp³-hybridized carbons (Fsp3) is 0.375. The zero-order valence-electron chi connectivity index (χ0n) is 12.2. The molecule has 0 atom stereocenters. The molecule has 5 heteroatoms. The van der Waals surface area contributed by atoms with Crippen molar-refractivity contribution in [1.29, 1.82) is 0 Å². The number of hydrogen-bond acceptors (Lipinski definition) is 4. The fourth-order valence-corrected chi connectivity index (χ4v) is 2.22. The van der Waals surface area contributed by atoms with Crippen molar-refractivity contribution < 1.29 is 14.3 Å². The number of rotatable bonds is 5. The van der Waals surface area contributed by atoms with Crippen molar-refractivity contribution >= 4 is 16.9 Å². The van der Waals surface area contributed by atoms with E-state index in [4.69, 9.17) is 4.42 Å². The first-order valence-electron chi connectivity index (χ1n) is 7.01. The molecule has 21 heavy (non-hydrogen) atoms. The molecule has 5 nitrogen and oxygen atoms in total. The first-order valence-corrected chi connectivity index (χ1v) is 7.01. The van der Waals surface area contributed by atoms with Crippen molar-refractivity contribution in [2.75, 3.05) is 6.61 Å². The molecule has 112 valence electrons. The lowest BCUT2D eigenvalue weighted by Gasteiger charge is -2.30. The molecule has 0 saturated carbocycles. The summed E-state index contributed by atoms with van der Waals surface area (Å²) in [6.07, 6.45) is 1.15. The average Bonchev–Trinajstić information content (AvgIpc) is 2.52. The van der Waals surface area contributed by atoms with E-state index in [0.29, 0.717) is 23.8 Å². The van der Waals surface area contributed by atoms with Crippen LogP contribution in [0.25, 0.3) is 11.0 Å². The summed E-state index contributed by atoms with van der Waals surface area (Å²) in [5.74, 6) is -0.521. The van der Waals surface area contributed by atoms with Gasteiger partial charge >= 0.3 is 5.63 Å². The number of para-hydroxylation sites is 1. The second kappa shape index (κ2) is 6.10. The van der Waals surface area contributed by atoms with Gasteiger partial charge in [-0.05, 0) is 25.0 Å². The summed E-state index contributed by atoms with van der Waals surface area (Å²) in [5, 5.41) is 12.9. The quantitative estimate of drug-likeness (QED) is 0.826. The zero-order valence-corrected chi connectivity index (χ0v) is 12.2. The third-order valence-electron chi connectivity index (χ3n) is 3.92. The Bertz CT molecular complexity index is 692. The predicted molar refractivity (Wildman–Crippen MR) is 80.3 cm³/mol. The summed E-state index contributed by atoms with van der Waals surface area (Å²) in [5.41, 5.74) is -0.994. The van der Waals surface area contributed by atoms with Crippen LogP contribution in [0, 0.1) is 0 Å². The van der Waals surface area contributed by atoms with Crippen LogP contribution in [-0.2, 0) is 0 Å². The molecule has 0 aliphatic heterocycles. The summed E-state index contributed by atoms with van der Waals surface area (Å²) in [6.45, 7) is 3.58. The number of amides is 1. The Kier molecular flexibility index (Phi) is 4.43. The SMILES string of the molecule is CCC(CC)(CO)NC(=O)c1cc2ccccc2oc1=O. The zero-order chi connectivity index (χ0) is 15.5. The molecule has 0 aliphatic carbocycles. The van der Waals surface area contributed by atoms with Crippen molar-refractivity contribution in [3.05, 3.63) is 46.3 Å². The first-order chi connectivity index (χ1) is 10.0. The third kappa shape index (κ3) is 2.97. The molecule has 0 fully saturated rings. The minimum Gasteiger partial charge on any atom is -0.422 e. The molecule has 2 N–H and O–H groups in total. The molecule has 1 aromatic heterocycles. The maximum atomic E-state index is 12.3. The number of aliphatic hydroxyl groups excluding tert-OH is 1. The molecule has 0 aliphatic rings. The molecular weight excluding hydrogens is 270 g/mol. The maximum absolute atomic E-state index is 12.3. The largest absolute Gasteiger partial charge is 0.422 e. The van der Waals surface area contributed by atoms with Crippen molar-refractivity contribution in [2.45, 2.75) is 32.2 Å². The summed E-state index contributed by atoms with van der Waals surface area (Å²) >= 11 is 0. The van der Waals surface area contributed by atoms with Gasteiger partial charge in [0.25, 0.3) is 5.91 Å². The van der Waals surface area contributed by atoms with Gasteiger partial charge in [-0.2, -0.15) is 0 Å². The Morgan fingerprint density at radius 1 is 1.29 bits per heavy atom. The van der Waals surface area contributed by atoms with Crippen LogP contribution < -0.4 is 10.9 Å². The van der Waals surface area contributed by atoms with E-state index in [-0.39, 0.29) is 12.2 Å². The number of benzene rings is 1. The minimum absolute atomic E-state index is 0.0478. The number of hydrogen-bond donors (Lipinski definition) is 2. The van der Waals surface area contributed by atoms with Crippen molar-refractivity contribution in [1.82, 2.24) is 5.32 Å². The Morgan fingerprint density at radius 3 is 2.57 bits per heavy atom. The van der Waals surface area contributed by atoms with Crippen LogP contribution in [0.5, 0.6) is 0 Å². The normalized spacial score (nSPS) is 11.6. The molecule has 0 saturated heterocycles. The Morgan fingerprint density at radius 2 is 1.95 bits per heavy atom. The molecule has 0 bridgehead atoms. The molecule has 1 heterocycles.